The van der Waals surface area contributed by atoms with E-state index in [4.69, 9.17) is 19.9 Å². The highest BCUT2D eigenvalue weighted by atomic mass is 127. The fraction of sp³-hybridized carbons (Fsp3) is 0.280. The van der Waals surface area contributed by atoms with Gasteiger partial charge in [-0.2, -0.15) is 0 Å². The van der Waals surface area contributed by atoms with Crippen molar-refractivity contribution in [1.82, 2.24) is 10.3 Å². The van der Waals surface area contributed by atoms with Crippen molar-refractivity contribution in [3.63, 3.8) is 0 Å². The molecule has 3 aromatic rings. The minimum atomic E-state index is 0. The highest BCUT2D eigenvalue weighted by Crippen LogP contribution is 2.33. The van der Waals surface area contributed by atoms with Gasteiger partial charge in [0.25, 0.3) is 0 Å². The van der Waals surface area contributed by atoms with Gasteiger partial charge in [-0.1, -0.05) is 43.3 Å². The van der Waals surface area contributed by atoms with Crippen LogP contribution in [-0.4, -0.2) is 24.2 Å². The molecule has 0 amide bonds. The zero-order valence-electron chi connectivity index (χ0n) is 18.6. The standard InChI is InChI=1S/C25H28N4O3.HI/c1-2-15-30-22-11-5-6-12-23(22)32-24-18(8-7-14-27-24)17-28-25(26)29-20-13-16-31-21-10-4-3-9-19(20)21;/h3-12,14,20H,2,13,15-17H2,1H3,(H3,26,28,29);1H. The Morgan fingerprint density at radius 1 is 1.12 bits per heavy atom. The molecule has 7 nitrogen and oxygen atoms in total. The highest BCUT2D eigenvalue weighted by molar-refractivity contribution is 14.0. The van der Waals surface area contributed by atoms with E-state index in [2.05, 4.69) is 22.2 Å². The molecular formula is C25H29IN4O3. The minimum Gasteiger partial charge on any atom is -0.493 e. The molecule has 1 aromatic heterocycles. The molecule has 0 fully saturated rings. The number of aliphatic imine (C=N–C) groups is 1. The van der Waals surface area contributed by atoms with Gasteiger partial charge in [-0.15, -0.1) is 24.0 Å². The van der Waals surface area contributed by atoms with E-state index in [-0.39, 0.29) is 30.0 Å². The van der Waals surface area contributed by atoms with Crippen molar-refractivity contribution < 1.29 is 14.2 Å². The van der Waals surface area contributed by atoms with Gasteiger partial charge in [-0.05, 0) is 30.7 Å². The Morgan fingerprint density at radius 3 is 2.76 bits per heavy atom. The second-order valence-corrected chi connectivity index (χ2v) is 7.44. The number of hydrogen-bond donors (Lipinski definition) is 2. The Morgan fingerprint density at radius 2 is 1.91 bits per heavy atom. The van der Waals surface area contributed by atoms with Gasteiger partial charge in [-0.25, -0.2) is 9.98 Å². The van der Waals surface area contributed by atoms with E-state index in [1.165, 1.54) is 0 Å². The zero-order valence-corrected chi connectivity index (χ0v) is 20.9. The number of benzene rings is 2. The zero-order chi connectivity index (χ0) is 22.2. The number of halogens is 1. The van der Waals surface area contributed by atoms with Gasteiger partial charge in [0.15, 0.2) is 17.5 Å². The fourth-order valence-corrected chi connectivity index (χ4v) is 3.49. The molecule has 2 aromatic carbocycles. The van der Waals surface area contributed by atoms with Gasteiger partial charge in [0.1, 0.15) is 5.75 Å². The number of aromatic nitrogens is 1. The van der Waals surface area contributed by atoms with E-state index in [1.54, 1.807) is 6.20 Å². The SMILES string of the molecule is CCCOc1ccccc1Oc1ncccc1CN=C(N)NC1CCOc2ccccc21.I. The molecule has 174 valence electrons. The number of rotatable bonds is 8. The lowest BCUT2D eigenvalue weighted by atomic mass is 10.0. The molecule has 4 rings (SSSR count). The predicted molar refractivity (Wildman–Crippen MR) is 140 cm³/mol. The van der Waals surface area contributed by atoms with Gasteiger partial charge < -0.3 is 25.3 Å². The third-order valence-electron chi connectivity index (χ3n) is 5.07. The van der Waals surface area contributed by atoms with Gasteiger partial charge in [0, 0.05) is 23.7 Å². The summed E-state index contributed by atoms with van der Waals surface area (Å²) in [5.74, 6) is 3.04. The summed E-state index contributed by atoms with van der Waals surface area (Å²) in [5.41, 5.74) is 8.13. The third-order valence-corrected chi connectivity index (χ3v) is 5.07. The number of para-hydroxylation sites is 3. The lowest BCUT2D eigenvalue weighted by Crippen LogP contribution is -2.37. The molecular weight excluding hydrogens is 531 g/mol. The van der Waals surface area contributed by atoms with Crippen molar-refractivity contribution in [2.24, 2.45) is 10.7 Å². The number of hydrogen-bond acceptors (Lipinski definition) is 5. The number of fused-ring (bicyclic) bond motifs is 1. The summed E-state index contributed by atoms with van der Waals surface area (Å²) in [6, 6.07) is 19.4. The maximum absolute atomic E-state index is 6.21. The van der Waals surface area contributed by atoms with Crippen LogP contribution in [0.5, 0.6) is 23.1 Å². The average molecular weight is 560 g/mol. The van der Waals surface area contributed by atoms with E-state index < -0.39 is 0 Å². The molecule has 0 spiro atoms. The van der Waals surface area contributed by atoms with Crippen LogP contribution in [0, 0.1) is 0 Å². The lowest BCUT2D eigenvalue weighted by Gasteiger charge is -2.26. The van der Waals surface area contributed by atoms with Crippen LogP contribution in [0.3, 0.4) is 0 Å². The quantitative estimate of drug-likeness (QED) is 0.224. The minimum absolute atomic E-state index is 0. The van der Waals surface area contributed by atoms with E-state index in [0.717, 1.165) is 29.7 Å². The summed E-state index contributed by atoms with van der Waals surface area (Å²) < 4.78 is 17.6. The molecule has 33 heavy (non-hydrogen) atoms. The van der Waals surface area contributed by atoms with Crippen molar-refractivity contribution in [3.05, 3.63) is 78.0 Å². The van der Waals surface area contributed by atoms with Crippen molar-refractivity contribution in [2.45, 2.75) is 32.4 Å². The first-order valence-corrected chi connectivity index (χ1v) is 10.9. The second-order valence-electron chi connectivity index (χ2n) is 7.44. The Hall–Kier alpha value is -3.01. The van der Waals surface area contributed by atoms with Crippen LogP contribution in [0.25, 0.3) is 0 Å². The van der Waals surface area contributed by atoms with Gasteiger partial charge in [-0.3, -0.25) is 0 Å². The van der Waals surface area contributed by atoms with Gasteiger partial charge >= 0.3 is 0 Å². The van der Waals surface area contributed by atoms with Crippen LogP contribution in [0.4, 0.5) is 0 Å². The highest BCUT2D eigenvalue weighted by Gasteiger charge is 2.21. The first kappa shape index (κ1) is 24.6. The molecule has 1 unspecified atom stereocenters. The third kappa shape index (κ3) is 6.50. The fourth-order valence-electron chi connectivity index (χ4n) is 3.49. The molecule has 0 saturated heterocycles. The van der Waals surface area contributed by atoms with Crippen molar-refractivity contribution in [3.8, 4) is 23.1 Å². The molecule has 8 heteroatoms. The smallest absolute Gasteiger partial charge is 0.224 e. The Balaban J connectivity index is 0.00000306. The van der Waals surface area contributed by atoms with Crippen LogP contribution in [0.15, 0.2) is 71.9 Å². The summed E-state index contributed by atoms with van der Waals surface area (Å²) in [5, 5.41) is 3.31. The van der Waals surface area contributed by atoms with Crippen molar-refractivity contribution >= 4 is 29.9 Å². The number of ether oxygens (including phenoxy) is 3. The normalized spacial score (nSPS) is 14.9. The molecule has 0 radical (unpaired) electrons. The largest absolute Gasteiger partial charge is 0.493 e. The summed E-state index contributed by atoms with van der Waals surface area (Å²) in [4.78, 5) is 8.92. The van der Waals surface area contributed by atoms with Crippen LogP contribution in [0.1, 0.15) is 36.9 Å². The topological polar surface area (TPSA) is 91.0 Å². The average Bonchev–Trinajstić information content (AvgIpc) is 2.83. The van der Waals surface area contributed by atoms with Crippen molar-refractivity contribution in [1.29, 1.82) is 0 Å². The van der Waals surface area contributed by atoms with Gasteiger partial charge in [0.05, 0.1) is 25.8 Å². The monoisotopic (exact) mass is 560 g/mol. The molecule has 1 aliphatic rings. The molecule has 0 saturated carbocycles. The first-order chi connectivity index (χ1) is 15.7. The van der Waals surface area contributed by atoms with Crippen LogP contribution in [-0.2, 0) is 6.54 Å². The number of nitrogens with two attached hydrogens (primary N) is 1. The number of guanidine groups is 1. The van der Waals surface area contributed by atoms with E-state index in [1.807, 2.05) is 60.7 Å². The summed E-state index contributed by atoms with van der Waals surface area (Å²) in [6.45, 7) is 3.67. The molecule has 3 N–H and O–H groups in total. The first-order valence-electron chi connectivity index (χ1n) is 10.9. The summed E-state index contributed by atoms with van der Waals surface area (Å²) >= 11 is 0. The summed E-state index contributed by atoms with van der Waals surface area (Å²) in [6.07, 6.45) is 3.43. The number of nitrogens with one attached hydrogen (secondary N) is 1. The summed E-state index contributed by atoms with van der Waals surface area (Å²) in [7, 11) is 0. The van der Waals surface area contributed by atoms with E-state index in [0.29, 0.717) is 43.1 Å². The predicted octanol–water partition coefficient (Wildman–Crippen LogP) is 5.21. The van der Waals surface area contributed by atoms with Crippen LogP contribution < -0.4 is 25.3 Å². The molecule has 0 aliphatic carbocycles. The molecule has 2 heterocycles. The Bertz CT molecular complexity index is 1080. The van der Waals surface area contributed by atoms with E-state index >= 15 is 0 Å². The second kappa shape index (κ2) is 12.3. The molecule has 1 aliphatic heterocycles. The van der Waals surface area contributed by atoms with Crippen LogP contribution in [0.2, 0.25) is 0 Å². The maximum atomic E-state index is 6.21. The van der Waals surface area contributed by atoms with Crippen LogP contribution >= 0.6 is 24.0 Å². The van der Waals surface area contributed by atoms with Crippen molar-refractivity contribution in [2.75, 3.05) is 13.2 Å². The maximum Gasteiger partial charge on any atom is 0.224 e. The number of nitrogens with zero attached hydrogens (tertiary/aromatic N) is 2. The lowest BCUT2D eigenvalue weighted by molar-refractivity contribution is 0.262. The Labute approximate surface area is 211 Å². The molecule has 1 atom stereocenters. The number of pyridine rings is 1. The Kier molecular flexibility index (Phi) is 9.17. The molecule has 0 bridgehead atoms. The van der Waals surface area contributed by atoms with E-state index in [9.17, 15) is 0 Å². The van der Waals surface area contributed by atoms with Gasteiger partial charge in [0.2, 0.25) is 5.88 Å².